The number of anilines is 1. The Kier molecular flexibility index (Phi) is 11.3. The molecule has 0 atom stereocenters. The first kappa shape index (κ1) is 25.9. The number of rotatable bonds is 8. The van der Waals surface area contributed by atoms with E-state index < -0.39 is 0 Å². The normalized spacial score (nSPS) is 14.9. The third-order valence-electron chi connectivity index (χ3n) is 5.22. The number of nitrogens with one attached hydrogen (secondary N) is 3. The van der Waals surface area contributed by atoms with E-state index in [1.165, 1.54) is 12.5 Å². The SMILES string of the molecule is CN=C(NCCOc1cccc(NC(C)=O)c1)NC1CCN(Cc2ccccc2)CC1.I. The number of hydrogen-bond acceptors (Lipinski definition) is 4. The second-order valence-electron chi connectivity index (χ2n) is 7.74. The number of carbonyl (C=O) groups excluding carboxylic acids is 1. The van der Waals surface area contributed by atoms with Crippen LogP contribution in [0.15, 0.2) is 59.6 Å². The molecule has 0 saturated carbocycles. The summed E-state index contributed by atoms with van der Waals surface area (Å²) >= 11 is 0. The fourth-order valence-electron chi connectivity index (χ4n) is 3.67. The lowest BCUT2D eigenvalue weighted by Crippen LogP contribution is -2.49. The van der Waals surface area contributed by atoms with Crippen LogP contribution in [0.2, 0.25) is 0 Å². The summed E-state index contributed by atoms with van der Waals surface area (Å²) in [7, 11) is 1.79. The van der Waals surface area contributed by atoms with E-state index in [2.05, 4.69) is 56.2 Å². The topological polar surface area (TPSA) is 78.0 Å². The molecule has 174 valence electrons. The van der Waals surface area contributed by atoms with Crippen LogP contribution in [0.5, 0.6) is 5.75 Å². The molecule has 0 aliphatic carbocycles. The third kappa shape index (κ3) is 9.04. The quantitative estimate of drug-likeness (QED) is 0.203. The summed E-state index contributed by atoms with van der Waals surface area (Å²) in [4.78, 5) is 18.0. The van der Waals surface area contributed by atoms with Crippen molar-refractivity contribution < 1.29 is 9.53 Å². The van der Waals surface area contributed by atoms with E-state index in [1.54, 1.807) is 7.05 Å². The van der Waals surface area contributed by atoms with E-state index in [1.807, 2.05) is 24.3 Å². The lowest BCUT2D eigenvalue weighted by Gasteiger charge is -2.33. The van der Waals surface area contributed by atoms with E-state index in [-0.39, 0.29) is 29.9 Å². The Morgan fingerprint density at radius 1 is 1.12 bits per heavy atom. The van der Waals surface area contributed by atoms with Gasteiger partial charge in [-0.3, -0.25) is 14.7 Å². The molecule has 0 aromatic heterocycles. The molecule has 1 heterocycles. The number of benzene rings is 2. The second kappa shape index (κ2) is 13.9. The van der Waals surface area contributed by atoms with Gasteiger partial charge in [0, 0.05) is 51.4 Å². The van der Waals surface area contributed by atoms with E-state index in [0.717, 1.165) is 49.9 Å². The first-order valence-corrected chi connectivity index (χ1v) is 10.9. The Morgan fingerprint density at radius 2 is 1.88 bits per heavy atom. The van der Waals surface area contributed by atoms with Crippen LogP contribution in [0.4, 0.5) is 5.69 Å². The van der Waals surface area contributed by atoms with Crippen LogP contribution in [0, 0.1) is 0 Å². The van der Waals surface area contributed by atoms with Gasteiger partial charge in [0.2, 0.25) is 5.91 Å². The summed E-state index contributed by atoms with van der Waals surface area (Å²) in [6.45, 7) is 5.80. The van der Waals surface area contributed by atoms with Crippen LogP contribution in [-0.4, -0.2) is 56.1 Å². The predicted molar refractivity (Wildman–Crippen MR) is 141 cm³/mol. The van der Waals surface area contributed by atoms with E-state index in [4.69, 9.17) is 4.74 Å². The molecule has 2 aromatic carbocycles. The van der Waals surface area contributed by atoms with Crippen molar-refractivity contribution in [2.75, 3.05) is 38.6 Å². The highest BCUT2D eigenvalue weighted by molar-refractivity contribution is 14.0. The Labute approximate surface area is 208 Å². The highest BCUT2D eigenvalue weighted by Gasteiger charge is 2.19. The molecule has 0 radical (unpaired) electrons. The number of hydrogen-bond donors (Lipinski definition) is 3. The Bertz CT molecular complexity index is 854. The number of amides is 1. The van der Waals surface area contributed by atoms with Crippen molar-refractivity contribution in [3.05, 3.63) is 60.2 Å². The van der Waals surface area contributed by atoms with Crippen molar-refractivity contribution in [2.45, 2.75) is 32.4 Å². The van der Waals surface area contributed by atoms with Gasteiger partial charge in [-0.05, 0) is 30.5 Å². The number of guanidine groups is 1. The summed E-state index contributed by atoms with van der Waals surface area (Å²) in [6.07, 6.45) is 2.19. The van der Waals surface area contributed by atoms with Gasteiger partial charge in [-0.1, -0.05) is 36.4 Å². The van der Waals surface area contributed by atoms with Crippen LogP contribution >= 0.6 is 24.0 Å². The van der Waals surface area contributed by atoms with Gasteiger partial charge in [0.1, 0.15) is 12.4 Å². The molecule has 1 fully saturated rings. The number of halogens is 1. The van der Waals surface area contributed by atoms with E-state index in [0.29, 0.717) is 19.2 Å². The van der Waals surface area contributed by atoms with Gasteiger partial charge in [-0.15, -0.1) is 24.0 Å². The van der Waals surface area contributed by atoms with Crippen LogP contribution < -0.4 is 20.7 Å². The summed E-state index contributed by atoms with van der Waals surface area (Å²) in [5, 5.41) is 9.60. The molecule has 32 heavy (non-hydrogen) atoms. The average Bonchev–Trinajstić information content (AvgIpc) is 2.77. The molecule has 0 unspecified atom stereocenters. The molecular weight excluding hydrogens is 517 g/mol. The lowest BCUT2D eigenvalue weighted by molar-refractivity contribution is -0.114. The Hall–Kier alpha value is -2.33. The van der Waals surface area contributed by atoms with Crippen molar-refractivity contribution in [1.82, 2.24) is 15.5 Å². The monoisotopic (exact) mass is 551 g/mol. The molecule has 7 nitrogen and oxygen atoms in total. The number of ether oxygens (including phenoxy) is 1. The van der Waals surface area contributed by atoms with Crippen LogP contribution in [-0.2, 0) is 11.3 Å². The van der Waals surface area contributed by atoms with Gasteiger partial charge >= 0.3 is 0 Å². The second-order valence-corrected chi connectivity index (χ2v) is 7.74. The molecular formula is C24H34IN5O2. The maximum absolute atomic E-state index is 11.2. The minimum atomic E-state index is -0.0976. The number of carbonyl (C=O) groups is 1. The van der Waals surface area contributed by atoms with Crippen LogP contribution in [0.25, 0.3) is 0 Å². The molecule has 0 spiro atoms. The molecule has 1 saturated heterocycles. The zero-order chi connectivity index (χ0) is 21.9. The van der Waals surface area contributed by atoms with Crippen LogP contribution in [0.3, 0.4) is 0 Å². The molecule has 3 N–H and O–H groups in total. The summed E-state index contributed by atoms with van der Waals surface area (Å²) in [6, 6.07) is 18.5. The van der Waals surface area contributed by atoms with Gasteiger partial charge in [0.25, 0.3) is 0 Å². The molecule has 1 amide bonds. The Balaban J connectivity index is 0.00000363. The standard InChI is InChI=1S/C24H33N5O2.HI/c1-19(30)27-22-9-6-10-23(17-22)31-16-13-26-24(25-2)28-21-11-14-29(15-12-21)18-20-7-4-3-5-8-20;/h3-10,17,21H,11-16,18H2,1-2H3,(H,27,30)(H2,25,26,28);1H. The predicted octanol–water partition coefficient (Wildman–Crippen LogP) is 3.47. The molecule has 1 aliphatic heterocycles. The zero-order valence-electron chi connectivity index (χ0n) is 18.8. The third-order valence-corrected chi connectivity index (χ3v) is 5.22. The minimum absolute atomic E-state index is 0. The number of piperidine rings is 1. The summed E-state index contributed by atoms with van der Waals surface area (Å²) < 4.78 is 5.78. The van der Waals surface area contributed by atoms with Crippen molar-refractivity contribution in [1.29, 1.82) is 0 Å². The number of nitrogens with zero attached hydrogens (tertiary/aromatic N) is 2. The smallest absolute Gasteiger partial charge is 0.221 e. The molecule has 8 heteroatoms. The van der Waals surface area contributed by atoms with Gasteiger partial charge in [-0.25, -0.2) is 0 Å². The van der Waals surface area contributed by atoms with Crippen molar-refractivity contribution in [3.63, 3.8) is 0 Å². The van der Waals surface area contributed by atoms with Crippen LogP contribution in [0.1, 0.15) is 25.3 Å². The lowest BCUT2D eigenvalue weighted by atomic mass is 10.0. The molecule has 2 aromatic rings. The van der Waals surface area contributed by atoms with Crippen molar-refractivity contribution in [3.8, 4) is 5.75 Å². The van der Waals surface area contributed by atoms with Gasteiger partial charge in [0.15, 0.2) is 5.96 Å². The zero-order valence-corrected chi connectivity index (χ0v) is 21.2. The number of aliphatic imine (C=N–C) groups is 1. The maximum atomic E-state index is 11.2. The highest BCUT2D eigenvalue weighted by Crippen LogP contribution is 2.17. The first-order chi connectivity index (χ1) is 15.1. The van der Waals surface area contributed by atoms with Crippen molar-refractivity contribution >= 4 is 41.5 Å². The fourth-order valence-corrected chi connectivity index (χ4v) is 3.67. The van der Waals surface area contributed by atoms with E-state index >= 15 is 0 Å². The van der Waals surface area contributed by atoms with Crippen molar-refractivity contribution in [2.24, 2.45) is 4.99 Å². The molecule has 1 aliphatic rings. The van der Waals surface area contributed by atoms with E-state index in [9.17, 15) is 4.79 Å². The van der Waals surface area contributed by atoms with Gasteiger partial charge in [-0.2, -0.15) is 0 Å². The minimum Gasteiger partial charge on any atom is -0.492 e. The first-order valence-electron chi connectivity index (χ1n) is 10.9. The Morgan fingerprint density at radius 3 is 2.56 bits per heavy atom. The fraction of sp³-hybridized carbons (Fsp3) is 0.417. The van der Waals surface area contributed by atoms with Gasteiger partial charge in [0.05, 0.1) is 6.54 Å². The van der Waals surface area contributed by atoms with Gasteiger partial charge < -0.3 is 20.7 Å². The molecule has 0 bridgehead atoms. The molecule has 3 rings (SSSR count). The largest absolute Gasteiger partial charge is 0.492 e. The summed E-state index contributed by atoms with van der Waals surface area (Å²) in [5.74, 6) is 1.43. The highest BCUT2D eigenvalue weighted by atomic mass is 127. The number of likely N-dealkylation sites (tertiary alicyclic amines) is 1. The maximum Gasteiger partial charge on any atom is 0.221 e. The summed E-state index contributed by atoms with van der Waals surface area (Å²) in [5.41, 5.74) is 2.10. The average molecular weight is 551 g/mol.